The predicted molar refractivity (Wildman–Crippen MR) is 110 cm³/mol. The van der Waals surface area contributed by atoms with Crippen LogP contribution in [0.4, 0.5) is 16.2 Å². The lowest BCUT2D eigenvalue weighted by Crippen LogP contribution is -2.37. The van der Waals surface area contributed by atoms with Crippen molar-refractivity contribution in [1.82, 2.24) is 4.90 Å². The average Bonchev–Trinajstić information content (AvgIpc) is 2.94. The summed E-state index contributed by atoms with van der Waals surface area (Å²) in [5.41, 5.74) is 2.57. The van der Waals surface area contributed by atoms with Crippen molar-refractivity contribution in [1.29, 1.82) is 0 Å². The van der Waals surface area contributed by atoms with E-state index in [9.17, 15) is 9.59 Å². The first kappa shape index (κ1) is 19.5. The van der Waals surface area contributed by atoms with Gasteiger partial charge in [0.25, 0.3) is 0 Å². The van der Waals surface area contributed by atoms with Crippen LogP contribution in [-0.2, 0) is 4.79 Å². The lowest BCUT2D eigenvalue weighted by Gasteiger charge is -2.19. The Morgan fingerprint density at radius 2 is 1.70 bits per heavy atom. The van der Waals surface area contributed by atoms with Crippen molar-refractivity contribution in [3.05, 3.63) is 58.1 Å². The van der Waals surface area contributed by atoms with Crippen molar-refractivity contribution < 1.29 is 9.59 Å². The molecule has 0 saturated carbocycles. The number of nitrogens with one attached hydrogen (secondary N) is 1. The van der Waals surface area contributed by atoms with Gasteiger partial charge in [-0.2, -0.15) is 0 Å². The lowest BCUT2D eigenvalue weighted by atomic mass is 10.0. The molecule has 0 spiro atoms. The number of anilines is 2. The van der Waals surface area contributed by atoms with Crippen LogP contribution >= 0.6 is 23.2 Å². The van der Waals surface area contributed by atoms with E-state index in [0.717, 1.165) is 5.69 Å². The molecule has 0 aliphatic carbocycles. The second-order valence-corrected chi connectivity index (χ2v) is 7.68. The van der Waals surface area contributed by atoms with E-state index in [2.05, 4.69) is 19.2 Å². The molecule has 5 nitrogen and oxygen atoms in total. The summed E-state index contributed by atoms with van der Waals surface area (Å²) in [4.78, 5) is 28.2. The Balaban J connectivity index is 1.62. The molecule has 0 aromatic heterocycles. The molecule has 0 radical (unpaired) electrons. The minimum Gasteiger partial charge on any atom is -0.324 e. The Labute approximate surface area is 168 Å². The minimum atomic E-state index is -0.293. The Morgan fingerprint density at radius 3 is 2.30 bits per heavy atom. The number of benzene rings is 2. The van der Waals surface area contributed by atoms with E-state index in [1.807, 2.05) is 24.3 Å². The van der Waals surface area contributed by atoms with Crippen molar-refractivity contribution in [2.24, 2.45) is 0 Å². The molecule has 1 fully saturated rings. The van der Waals surface area contributed by atoms with E-state index < -0.39 is 0 Å². The first-order chi connectivity index (χ1) is 12.8. The van der Waals surface area contributed by atoms with Crippen molar-refractivity contribution in [3.8, 4) is 0 Å². The van der Waals surface area contributed by atoms with E-state index in [1.54, 1.807) is 23.1 Å². The second kappa shape index (κ2) is 8.19. The molecule has 2 aromatic rings. The topological polar surface area (TPSA) is 52.6 Å². The Hall–Kier alpha value is -2.24. The summed E-state index contributed by atoms with van der Waals surface area (Å²) < 4.78 is 0. The van der Waals surface area contributed by atoms with Crippen LogP contribution in [0.3, 0.4) is 0 Å². The van der Waals surface area contributed by atoms with Crippen molar-refractivity contribution >= 4 is 46.5 Å². The van der Waals surface area contributed by atoms with Crippen LogP contribution in [0.2, 0.25) is 10.0 Å². The number of amides is 3. The predicted octanol–water partition coefficient (Wildman–Crippen LogP) is 5.00. The minimum absolute atomic E-state index is 0.0243. The number of hydrogen-bond acceptors (Lipinski definition) is 2. The molecule has 2 aromatic carbocycles. The molecule has 1 aliphatic heterocycles. The van der Waals surface area contributed by atoms with Crippen molar-refractivity contribution in [3.63, 3.8) is 0 Å². The van der Waals surface area contributed by atoms with Gasteiger partial charge in [-0.1, -0.05) is 49.2 Å². The zero-order valence-electron chi connectivity index (χ0n) is 15.2. The van der Waals surface area contributed by atoms with Gasteiger partial charge < -0.3 is 10.2 Å². The maximum absolute atomic E-state index is 12.7. The Bertz CT molecular complexity index is 833. The maximum Gasteiger partial charge on any atom is 0.325 e. The van der Waals surface area contributed by atoms with Gasteiger partial charge in [0, 0.05) is 34.5 Å². The third kappa shape index (κ3) is 4.73. The molecule has 7 heteroatoms. The molecule has 3 rings (SSSR count). The molecule has 142 valence electrons. The molecular weight excluding hydrogens is 385 g/mol. The number of hydrogen-bond donors (Lipinski definition) is 1. The van der Waals surface area contributed by atoms with Gasteiger partial charge in [-0.05, 0) is 41.8 Å². The van der Waals surface area contributed by atoms with E-state index in [0.29, 0.717) is 34.7 Å². The molecule has 1 heterocycles. The highest BCUT2D eigenvalue weighted by molar-refractivity contribution is 6.35. The van der Waals surface area contributed by atoms with Crippen molar-refractivity contribution in [2.75, 3.05) is 29.9 Å². The van der Waals surface area contributed by atoms with Crippen LogP contribution in [0, 0.1) is 0 Å². The van der Waals surface area contributed by atoms with Gasteiger partial charge >= 0.3 is 6.03 Å². The summed E-state index contributed by atoms with van der Waals surface area (Å²) >= 11 is 11.9. The highest BCUT2D eigenvalue weighted by Gasteiger charge is 2.30. The fourth-order valence-corrected chi connectivity index (χ4v) is 3.53. The molecule has 1 saturated heterocycles. The van der Waals surface area contributed by atoms with Crippen LogP contribution in [0.5, 0.6) is 0 Å². The third-order valence-corrected chi connectivity index (χ3v) is 4.88. The zero-order chi connectivity index (χ0) is 19.6. The van der Waals surface area contributed by atoms with Gasteiger partial charge in [0.05, 0.1) is 0 Å². The summed E-state index contributed by atoms with van der Waals surface area (Å²) in [7, 11) is 0. The SMILES string of the molecule is CC(C)c1ccc(N2CCN(CC(=O)Nc3cc(Cl)cc(Cl)c3)C2=O)cc1. The molecule has 27 heavy (non-hydrogen) atoms. The van der Waals surface area contributed by atoms with E-state index in [4.69, 9.17) is 23.2 Å². The van der Waals surface area contributed by atoms with E-state index in [1.165, 1.54) is 10.5 Å². The highest BCUT2D eigenvalue weighted by atomic mass is 35.5. The maximum atomic E-state index is 12.7. The summed E-state index contributed by atoms with van der Waals surface area (Å²) in [6.07, 6.45) is 0. The highest BCUT2D eigenvalue weighted by Crippen LogP contribution is 2.24. The standard InChI is InChI=1S/C20H21Cl2N3O2/c1-13(2)14-3-5-18(6-4-14)25-8-7-24(20(25)27)12-19(26)23-17-10-15(21)9-16(22)11-17/h3-6,9-11,13H,7-8,12H2,1-2H3,(H,23,26). The van der Waals surface area contributed by atoms with Gasteiger partial charge in [-0.15, -0.1) is 0 Å². The molecule has 1 aliphatic rings. The summed E-state index contributed by atoms with van der Waals surface area (Å²) in [6.45, 7) is 5.28. The quantitative estimate of drug-likeness (QED) is 0.760. The normalized spacial score (nSPS) is 14.2. The largest absolute Gasteiger partial charge is 0.325 e. The number of carbonyl (C=O) groups excluding carboxylic acids is 2. The summed E-state index contributed by atoms with van der Waals surface area (Å²) in [5.74, 6) is 0.146. The monoisotopic (exact) mass is 405 g/mol. The first-order valence-corrected chi connectivity index (χ1v) is 9.51. The van der Waals surface area contributed by atoms with E-state index in [-0.39, 0.29) is 18.5 Å². The average molecular weight is 406 g/mol. The number of nitrogens with zero attached hydrogens (tertiary/aromatic N) is 2. The zero-order valence-corrected chi connectivity index (χ0v) is 16.7. The summed E-state index contributed by atoms with van der Waals surface area (Å²) in [6, 6.07) is 12.6. The van der Waals surface area contributed by atoms with Crippen LogP contribution in [0.25, 0.3) is 0 Å². The summed E-state index contributed by atoms with van der Waals surface area (Å²) in [5, 5.41) is 3.60. The van der Waals surface area contributed by atoms with Crippen LogP contribution < -0.4 is 10.2 Å². The molecule has 0 atom stereocenters. The number of carbonyl (C=O) groups is 2. The fourth-order valence-electron chi connectivity index (χ4n) is 3.01. The molecule has 1 N–H and O–H groups in total. The molecule has 0 bridgehead atoms. The second-order valence-electron chi connectivity index (χ2n) is 6.81. The van der Waals surface area contributed by atoms with Gasteiger partial charge in [0.2, 0.25) is 5.91 Å². The number of halogens is 2. The Kier molecular flexibility index (Phi) is 5.92. The van der Waals surface area contributed by atoms with Gasteiger partial charge in [-0.25, -0.2) is 4.79 Å². The lowest BCUT2D eigenvalue weighted by molar-refractivity contribution is -0.116. The molecule has 0 unspecified atom stereocenters. The van der Waals surface area contributed by atoms with E-state index >= 15 is 0 Å². The number of rotatable bonds is 5. The molecular formula is C20H21Cl2N3O2. The van der Waals surface area contributed by atoms with Crippen LogP contribution in [-0.4, -0.2) is 36.5 Å². The van der Waals surface area contributed by atoms with Gasteiger partial charge in [0.15, 0.2) is 0 Å². The van der Waals surface area contributed by atoms with Crippen molar-refractivity contribution in [2.45, 2.75) is 19.8 Å². The van der Waals surface area contributed by atoms with Crippen LogP contribution in [0.15, 0.2) is 42.5 Å². The van der Waals surface area contributed by atoms with Gasteiger partial charge in [-0.3, -0.25) is 9.69 Å². The fraction of sp³-hybridized carbons (Fsp3) is 0.300. The smallest absolute Gasteiger partial charge is 0.324 e. The van der Waals surface area contributed by atoms with Crippen LogP contribution in [0.1, 0.15) is 25.3 Å². The Morgan fingerprint density at radius 1 is 1.07 bits per heavy atom. The number of urea groups is 1. The molecule has 3 amide bonds. The third-order valence-electron chi connectivity index (χ3n) is 4.45. The first-order valence-electron chi connectivity index (χ1n) is 8.76. The van der Waals surface area contributed by atoms with Gasteiger partial charge in [0.1, 0.15) is 6.54 Å².